The van der Waals surface area contributed by atoms with Crippen molar-refractivity contribution in [2.75, 3.05) is 7.05 Å². The maximum atomic E-state index is 3.94. The lowest BCUT2D eigenvalue weighted by molar-refractivity contribution is -0.870. The predicted molar refractivity (Wildman–Crippen MR) is 39.0 cm³/mol. The molecule has 0 aromatic rings. The van der Waals surface area contributed by atoms with Crippen molar-refractivity contribution in [1.82, 2.24) is 0 Å². The van der Waals surface area contributed by atoms with Gasteiger partial charge in [0, 0.05) is 19.9 Å². The maximum absolute atomic E-state index is 3.94. The lowest BCUT2D eigenvalue weighted by Crippen LogP contribution is -3.09. The molecule has 0 amide bonds. The van der Waals surface area contributed by atoms with Crippen LogP contribution in [0.15, 0.2) is 0 Å². The molecule has 0 saturated heterocycles. The molecule has 1 saturated carbocycles. The van der Waals surface area contributed by atoms with Crippen LogP contribution >= 0.6 is 0 Å². The molecule has 9 heavy (non-hydrogen) atoms. The van der Waals surface area contributed by atoms with Gasteiger partial charge >= 0.3 is 0 Å². The van der Waals surface area contributed by atoms with E-state index in [1.54, 1.807) is 0 Å². The first-order chi connectivity index (χ1) is 4.01. The van der Waals surface area contributed by atoms with Crippen molar-refractivity contribution >= 4 is 0 Å². The van der Waals surface area contributed by atoms with Crippen LogP contribution in [0, 0.1) is 12.5 Å². The van der Waals surface area contributed by atoms with Crippen LogP contribution in [0.2, 0.25) is 0 Å². The second-order valence-corrected chi connectivity index (χ2v) is 4.12. The Morgan fingerprint density at radius 2 is 1.89 bits per heavy atom. The fourth-order valence-corrected chi connectivity index (χ4v) is 1.62. The van der Waals surface area contributed by atoms with Gasteiger partial charge in [-0.3, -0.25) is 0 Å². The first-order valence-electron chi connectivity index (χ1n) is 3.67. The molecular weight excluding hydrogens is 110 g/mol. The van der Waals surface area contributed by atoms with Gasteiger partial charge < -0.3 is 4.90 Å². The summed E-state index contributed by atoms with van der Waals surface area (Å²) in [5.41, 5.74) is 0.615. The third kappa shape index (κ3) is 1.45. The van der Waals surface area contributed by atoms with Crippen molar-refractivity contribution in [3.8, 4) is 0 Å². The molecule has 1 rings (SSSR count). The molecule has 1 unspecified atom stereocenters. The summed E-state index contributed by atoms with van der Waals surface area (Å²) < 4.78 is 0. The van der Waals surface area contributed by atoms with Gasteiger partial charge in [-0.25, -0.2) is 0 Å². The monoisotopic (exact) mass is 127 g/mol. The molecule has 0 aliphatic heterocycles. The lowest BCUT2D eigenvalue weighted by atomic mass is 9.68. The van der Waals surface area contributed by atoms with Crippen LogP contribution in [0.1, 0.15) is 26.7 Å². The van der Waals surface area contributed by atoms with E-state index in [2.05, 4.69) is 27.9 Å². The summed E-state index contributed by atoms with van der Waals surface area (Å²) in [6.45, 7) is 4.65. The van der Waals surface area contributed by atoms with E-state index in [9.17, 15) is 0 Å². The Morgan fingerprint density at radius 3 is 2.00 bits per heavy atom. The van der Waals surface area contributed by atoms with E-state index in [0.29, 0.717) is 5.41 Å². The Hall–Kier alpha value is -0.0400. The van der Waals surface area contributed by atoms with Gasteiger partial charge in [0.2, 0.25) is 0 Å². The highest BCUT2D eigenvalue weighted by molar-refractivity contribution is 4.86. The fraction of sp³-hybridized carbons (Fsp3) is 0.875. The van der Waals surface area contributed by atoms with E-state index in [-0.39, 0.29) is 0 Å². The molecule has 1 heteroatoms. The van der Waals surface area contributed by atoms with Crippen LogP contribution in [0.4, 0.5) is 0 Å². The molecule has 1 aliphatic carbocycles. The van der Waals surface area contributed by atoms with Crippen LogP contribution in [-0.2, 0) is 0 Å². The summed E-state index contributed by atoms with van der Waals surface area (Å²) in [5.74, 6) is 0. The molecule has 1 fully saturated rings. The largest absolute Gasteiger partial charge is 0.468 e. The molecule has 1 nitrogen and oxygen atoms in total. The van der Waals surface area contributed by atoms with E-state index in [4.69, 9.17) is 0 Å². The van der Waals surface area contributed by atoms with Gasteiger partial charge in [-0.1, -0.05) is 13.8 Å². The predicted octanol–water partition coefficient (Wildman–Crippen LogP) is 0.481. The molecule has 0 radical (unpaired) electrons. The highest BCUT2D eigenvalue weighted by Crippen LogP contribution is 2.38. The number of nitrogens with one attached hydrogen (secondary N) is 1. The molecule has 0 bridgehead atoms. The zero-order chi connectivity index (χ0) is 7.07. The number of hydrogen-bond acceptors (Lipinski definition) is 0. The molecule has 1 atom stereocenters. The van der Waals surface area contributed by atoms with Gasteiger partial charge in [-0.15, -0.1) is 0 Å². The summed E-state index contributed by atoms with van der Waals surface area (Å²) in [6, 6.07) is 0.833. The Bertz CT molecular complexity index is 97.1. The van der Waals surface area contributed by atoms with Crippen molar-refractivity contribution in [3.05, 3.63) is 7.05 Å². The Kier molecular flexibility index (Phi) is 1.55. The summed E-state index contributed by atoms with van der Waals surface area (Å²) in [6.07, 6.45) is 2.70. The van der Waals surface area contributed by atoms with Crippen molar-refractivity contribution < 1.29 is 4.90 Å². The van der Waals surface area contributed by atoms with Crippen LogP contribution in [-0.4, -0.2) is 13.1 Å². The first kappa shape index (κ1) is 7.07. The molecule has 1 N–H and O–H groups in total. The Balaban J connectivity index is 2.27. The van der Waals surface area contributed by atoms with E-state index in [1.807, 2.05) is 0 Å². The third-order valence-electron chi connectivity index (χ3n) is 2.29. The molecule has 54 valence electrons. The van der Waals surface area contributed by atoms with E-state index >= 15 is 0 Å². The van der Waals surface area contributed by atoms with Crippen molar-refractivity contribution in [3.63, 3.8) is 0 Å². The first-order valence-corrected chi connectivity index (χ1v) is 3.67. The molecule has 0 aromatic heterocycles. The van der Waals surface area contributed by atoms with Gasteiger partial charge in [0.05, 0.1) is 6.04 Å². The van der Waals surface area contributed by atoms with Crippen molar-refractivity contribution in [2.45, 2.75) is 32.7 Å². The van der Waals surface area contributed by atoms with Gasteiger partial charge in [0.1, 0.15) is 0 Å². The van der Waals surface area contributed by atoms with Crippen LogP contribution in [0.5, 0.6) is 0 Å². The third-order valence-corrected chi connectivity index (χ3v) is 2.29. The lowest BCUT2D eigenvalue weighted by Gasteiger charge is -2.46. The minimum atomic E-state index is 0.615. The minimum Gasteiger partial charge on any atom is -0.468 e. The molecule has 0 aromatic carbocycles. The molecular formula is C8H17N. The summed E-state index contributed by atoms with van der Waals surface area (Å²) in [4.78, 5) is 1.37. The SMILES string of the molecule is [CH2-][NH+](C)C1CC(C)(C)C1. The van der Waals surface area contributed by atoms with Crippen LogP contribution in [0.25, 0.3) is 0 Å². The fourth-order valence-electron chi connectivity index (χ4n) is 1.62. The van der Waals surface area contributed by atoms with E-state index in [1.165, 1.54) is 17.7 Å². The normalized spacial score (nSPS) is 29.3. The maximum Gasteiger partial charge on any atom is 0.0643 e. The number of rotatable bonds is 1. The number of quaternary nitrogens is 1. The van der Waals surface area contributed by atoms with E-state index < -0.39 is 0 Å². The highest BCUT2D eigenvalue weighted by atomic mass is 15.1. The smallest absolute Gasteiger partial charge is 0.0643 e. The summed E-state index contributed by atoms with van der Waals surface area (Å²) >= 11 is 0. The number of hydrogen-bond donors (Lipinski definition) is 1. The quantitative estimate of drug-likeness (QED) is 0.489. The summed E-state index contributed by atoms with van der Waals surface area (Å²) in [5, 5.41) is 0. The van der Waals surface area contributed by atoms with Crippen LogP contribution < -0.4 is 4.90 Å². The topological polar surface area (TPSA) is 4.44 Å². The molecule has 1 aliphatic rings. The average molecular weight is 127 g/mol. The zero-order valence-corrected chi connectivity index (χ0v) is 6.70. The molecule has 0 heterocycles. The second-order valence-electron chi connectivity index (χ2n) is 4.12. The van der Waals surface area contributed by atoms with Gasteiger partial charge in [-0.05, 0) is 5.41 Å². The van der Waals surface area contributed by atoms with Gasteiger partial charge in [0.15, 0.2) is 0 Å². The van der Waals surface area contributed by atoms with E-state index in [0.717, 1.165) is 6.04 Å². The Morgan fingerprint density at radius 1 is 1.44 bits per heavy atom. The van der Waals surface area contributed by atoms with Crippen molar-refractivity contribution in [1.29, 1.82) is 0 Å². The highest BCUT2D eigenvalue weighted by Gasteiger charge is 2.38. The van der Waals surface area contributed by atoms with Crippen molar-refractivity contribution in [2.24, 2.45) is 5.41 Å². The standard InChI is InChI=1S/C8H17N/c1-8(2)5-7(6-8)9(3)4/h7,9H,3,5-6H2,1-2,4H3. The summed E-state index contributed by atoms with van der Waals surface area (Å²) in [7, 11) is 6.08. The minimum absolute atomic E-state index is 0.615. The van der Waals surface area contributed by atoms with Gasteiger partial charge in [-0.2, -0.15) is 7.05 Å². The average Bonchev–Trinajstić information content (AvgIpc) is 1.59. The Labute approximate surface area is 58.0 Å². The zero-order valence-electron chi connectivity index (χ0n) is 6.70. The molecule has 0 spiro atoms. The van der Waals surface area contributed by atoms with Gasteiger partial charge in [0.25, 0.3) is 0 Å². The second kappa shape index (κ2) is 1.98. The van der Waals surface area contributed by atoms with Crippen LogP contribution in [0.3, 0.4) is 0 Å².